The molecule has 0 aliphatic rings. The molecule has 0 saturated carbocycles. The first-order chi connectivity index (χ1) is 11.9. The quantitative estimate of drug-likeness (QED) is 0.494. The fraction of sp³-hybridized carbons (Fsp3) is 0.217. The second-order valence-electron chi connectivity index (χ2n) is 6.52. The zero-order chi connectivity index (χ0) is 18.1. The van der Waals surface area contributed by atoms with Crippen LogP contribution in [0, 0.1) is 32.4 Å². The van der Waals surface area contributed by atoms with Crippen LogP contribution in [-0.4, -0.2) is 0 Å². The number of rotatable bonds is 3. The molecular formula is C23H22F2. The Kier molecular flexibility index (Phi) is 4.71. The minimum atomic E-state index is -0.306. The van der Waals surface area contributed by atoms with Crippen molar-refractivity contribution >= 4 is 0 Å². The molecule has 3 aromatic rings. The predicted octanol–water partition coefficient (Wildman–Crippen LogP) is 6.79. The molecule has 0 aromatic heterocycles. The van der Waals surface area contributed by atoms with E-state index in [1.165, 1.54) is 6.07 Å². The number of aryl methyl sites for hydroxylation is 2. The van der Waals surface area contributed by atoms with E-state index in [4.69, 9.17) is 0 Å². The van der Waals surface area contributed by atoms with Gasteiger partial charge in [0, 0.05) is 11.1 Å². The molecule has 128 valence electrons. The Bertz CT molecular complexity index is 916. The van der Waals surface area contributed by atoms with Crippen molar-refractivity contribution in [2.24, 2.45) is 0 Å². The van der Waals surface area contributed by atoms with Crippen LogP contribution in [-0.2, 0) is 6.42 Å². The van der Waals surface area contributed by atoms with Crippen molar-refractivity contribution in [1.29, 1.82) is 0 Å². The largest absolute Gasteiger partial charge is 0.207 e. The van der Waals surface area contributed by atoms with Gasteiger partial charge in [-0.3, -0.25) is 0 Å². The first kappa shape index (κ1) is 17.3. The van der Waals surface area contributed by atoms with E-state index in [1.54, 1.807) is 12.1 Å². The maximum absolute atomic E-state index is 15.3. The monoisotopic (exact) mass is 336 g/mol. The Hall–Kier alpha value is -2.48. The summed E-state index contributed by atoms with van der Waals surface area (Å²) in [5.74, 6) is -0.576. The fourth-order valence-corrected chi connectivity index (χ4v) is 3.38. The third kappa shape index (κ3) is 3.09. The van der Waals surface area contributed by atoms with Gasteiger partial charge in [-0.2, -0.15) is 0 Å². The highest BCUT2D eigenvalue weighted by Crippen LogP contribution is 2.34. The van der Waals surface area contributed by atoms with Crippen LogP contribution in [0.5, 0.6) is 0 Å². The molecule has 3 rings (SSSR count). The van der Waals surface area contributed by atoms with Crippen molar-refractivity contribution in [1.82, 2.24) is 0 Å². The highest BCUT2D eigenvalue weighted by Gasteiger charge is 2.15. The van der Waals surface area contributed by atoms with Crippen LogP contribution < -0.4 is 0 Å². The van der Waals surface area contributed by atoms with Gasteiger partial charge in [-0.1, -0.05) is 49.4 Å². The Labute approximate surface area is 148 Å². The maximum atomic E-state index is 15.3. The van der Waals surface area contributed by atoms with Crippen molar-refractivity contribution in [3.05, 3.63) is 82.4 Å². The topological polar surface area (TPSA) is 0 Å². The van der Waals surface area contributed by atoms with E-state index in [9.17, 15) is 4.39 Å². The number of benzene rings is 3. The van der Waals surface area contributed by atoms with E-state index in [0.29, 0.717) is 28.7 Å². The fourth-order valence-electron chi connectivity index (χ4n) is 3.38. The molecule has 0 amide bonds. The second kappa shape index (κ2) is 6.79. The Balaban J connectivity index is 2.19. The molecule has 0 saturated heterocycles. The van der Waals surface area contributed by atoms with Crippen LogP contribution >= 0.6 is 0 Å². The summed E-state index contributed by atoms with van der Waals surface area (Å²) in [6.45, 7) is 7.81. The van der Waals surface area contributed by atoms with Gasteiger partial charge in [0.05, 0.1) is 0 Å². The molecule has 3 aromatic carbocycles. The van der Waals surface area contributed by atoms with Gasteiger partial charge in [0.1, 0.15) is 11.6 Å². The van der Waals surface area contributed by atoms with Crippen molar-refractivity contribution in [2.45, 2.75) is 34.1 Å². The first-order valence-corrected chi connectivity index (χ1v) is 8.58. The smallest absolute Gasteiger partial charge is 0.138 e. The number of hydrogen-bond donors (Lipinski definition) is 0. The van der Waals surface area contributed by atoms with Crippen molar-refractivity contribution in [3.63, 3.8) is 0 Å². The Morgan fingerprint density at radius 2 is 1.40 bits per heavy atom. The lowest BCUT2D eigenvalue weighted by atomic mass is 9.92. The highest BCUT2D eigenvalue weighted by molar-refractivity contribution is 5.76. The van der Waals surface area contributed by atoms with E-state index < -0.39 is 0 Å². The van der Waals surface area contributed by atoms with Gasteiger partial charge in [0.15, 0.2) is 0 Å². The van der Waals surface area contributed by atoms with Gasteiger partial charge in [0.25, 0.3) is 0 Å². The molecule has 0 bridgehead atoms. The molecule has 0 atom stereocenters. The van der Waals surface area contributed by atoms with Crippen molar-refractivity contribution < 1.29 is 8.78 Å². The summed E-state index contributed by atoms with van der Waals surface area (Å²) in [4.78, 5) is 0. The zero-order valence-corrected chi connectivity index (χ0v) is 15.1. The SMILES string of the molecule is CCc1c(C)cc(-c2cccc(-c3cccc(C)c3C)c2F)cc1F. The summed E-state index contributed by atoms with van der Waals surface area (Å²) in [7, 11) is 0. The van der Waals surface area contributed by atoms with Crippen LogP contribution in [0.1, 0.15) is 29.2 Å². The predicted molar refractivity (Wildman–Crippen MR) is 101 cm³/mol. The molecule has 0 nitrogen and oxygen atoms in total. The summed E-state index contributed by atoms with van der Waals surface area (Å²) >= 11 is 0. The second-order valence-corrected chi connectivity index (χ2v) is 6.52. The van der Waals surface area contributed by atoms with Crippen LogP contribution in [0.4, 0.5) is 8.78 Å². The number of hydrogen-bond acceptors (Lipinski definition) is 0. The van der Waals surface area contributed by atoms with Gasteiger partial charge in [-0.05, 0) is 66.6 Å². The van der Waals surface area contributed by atoms with Crippen LogP contribution in [0.15, 0.2) is 48.5 Å². The summed E-state index contributed by atoms with van der Waals surface area (Å²) in [6, 6.07) is 14.5. The van der Waals surface area contributed by atoms with Gasteiger partial charge < -0.3 is 0 Å². The molecule has 0 unspecified atom stereocenters. The first-order valence-electron chi connectivity index (χ1n) is 8.58. The standard InChI is InChI=1S/C23H22F2/c1-5-18-15(3)12-17(13-22(18)24)20-10-7-11-21(23(20)25)19-9-6-8-14(2)16(19)4/h6-13H,5H2,1-4H3. The Morgan fingerprint density at radius 3 is 2.08 bits per heavy atom. The molecular weight excluding hydrogens is 314 g/mol. The van der Waals surface area contributed by atoms with Gasteiger partial charge in [0.2, 0.25) is 0 Å². The molecule has 0 N–H and O–H groups in total. The highest BCUT2D eigenvalue weighted by atomic mass is 19.1. The lowest BCUT2D eigenvalue weighted by Crippen LogP contribution is -1.97. The molecule has 2 heteroatoms. The summed E-state index contributed by atoms with van der Waals surface area (Å²) in [5, 5.41) is 0. The molecule has 0 aliphatic heterocycles. The maximum Gasteiger partial charge on any atom is 0.138 e. The lowest BCUT2D eigenvalue weighted by molar-refractivity contribution is 0.610. The summed E-state index contributed by atoms with van der Waals surface area (Å²) < 4.78 is 29.6. The van der Waals surface area contributed by atoms with Crippen LogP contribution in [0.25, 0.3) is 22.3 Å². The third-order valence-corrected chi connectivity index (χ3v) is 4.98. The normalized spacial score (nSPS) is 11.0. The van der Waals surface area contributed by atoms with Crippen molar-refractivity contribution in [3.8, 4) is 22.3 Å². The zero-order valence-electron chi connectivity index (χ0n) is 15.1. The van der Waals surface area contributed by atoms with Gasteiger partial charge in [-0.25, -0.2) is 8.78 Å². The molecule has 0 spiro atoms. The average molecular weight is 336 g/mol. The number of halogens is 2. The van der Waals surface area contributed by atoms with E-state index in [2.05, 4.69) is 0 Å². The molecule has 0 aliphatic carbocycles. The minimum Gasteiger partial charge on any atom is -0.207 e. The molecule has 0 heterocycles. The minimum absolute atomic E-state index is 0.269. The third-order valence-electron chi connectivity index (χ3n) is 4.98. The lowest BCUT2D eigenvalue weighted by Gasteiger charge is -2.14. The molecule has 25 heavy (non-hydrogen) atoms. The van der Waals surface area contributed by atoms with Gasteiger partial charge >= 0.3 is 0 Å². The Morgan fingerprint density at radius 1 is 0.760 bits per heavy atom. The van der Waals surface area contributed by atoms with E-state index >= 15 is 4.39 Å². The summed E-state index contributed by atoms with van der Waals surface area (Å²) in [5.41, 5.74) is 6.17. The van der Waals surface area contributed by atoms with Crippen LogP contribution in [0.3, 0.4) is 0 Å². The van der Waals surface area contributed by atoms with E-state index in [-0.39, 0.29) is 11.6 Å². The molecule has 0 radical (unpaired) electrons. The van der Waals surface area contributed by atoms with Crippen molar-refractivity contribution in [2.75, 3.05) is 0 Å². The van der Waals surface area contributed by atoms with Crippen LogP contribution in [0.2, 0.25) is 0 Å². The van der Waals surface area contributed by atoms with E-state index in [1.807, 2.05) is 58.0 Å². The average Bonchev–Trinajstić information content (AvgIpc) is 2.57. The van der Waals surface area contributed by atoms with Gasteiger partial charge in [-0.15, -0.1) is 0 Å². The van der Waals surface area contributed by atoms with E-state index in [0.717, 1.165) is 22.3 Å². The molecule has 0 fully saturated rings. The summed E-state index contributed by atoms with van der Waals surface area (Å²) in [6.07, 6.45) is 0.628.